The van der Waals surface area contributed by atoms with Crippen molar-refractivity contribution >= 4 is 5.91 Å². The highest BCUT2D eigenvalue weighted by Gasteiger charge is 2.31. The fourth-order valence-corrected chi connectivity index (χ4v) is 4.43. The van der Waals surface area contributed by atoms with E-state index < -0.39 is 17.5 Å². The molecule has 2 aliphatic heterocycles. The molecule has 1 amide bonds. The summed E-state index contributed by atoms with van der Waals surface area (Å²) in [4.78, 5) is 17.1. The van der Waals surface area contributed by atoms with Gasteiger partial charge in [-0.3, -0.25) is 9.69 Å². The van der Waals surface area contributed by atoms with E-state index in [0.717, 1.165) is 38.0 Å². The molecule has 5 N–H and O–H groups in total. The van der Waals surface area contributed by atoms with Crippen molar-refractivity contribution in [2.45, 2.75) is 38.3 Å². The van der Waals surface area contributed by atoms with Gasteiger partial charge >= 0.3 is 0 Å². The first-order valence-corrected chi connectivity index (χ1v) is 11.1. The van der Waals surface area contributed by atoms with Crippen LogP contribution >= 0.6 is 0 Å². The molecule has 3 rings (SSSR count). The number of hydrogen-bond acceptors (Lipinski definition) is 5. The maximum Gasteiger partial charge on any atom is 0.225 e. The Morgan fingerprint density at radius 2 is 1.66 bits per heavy atom. The molecule has 0 aliphatic carbocycles. The molecule has 0 spiro atoms. The van der Waals surface area contributed by atoms with Crippen molar-refractivity contribution in [2.75, 3.05) is 32.7 Å². The van der Waals surface area contributed by atoms with Crippen LogP contribution in [0.1, 0.15) is 31.2 Å². The standard InChI is InChI=1S/C23H32F3N5O/c24-18-11-21(25)20(22(26)12-18)14-29-19-4-9-31(10-5-19)23(32)17-2-7-30(8-3-17)15-16(13-28)1-6-27/h1,6,11-13,17,19,29H,2-5,7-10,14-15,27-28H2/b6-1-,16-13+. The Kier molecular flexibility index (Phi) is 8.58. The van der Waals surface area contributed by atoms with Gasteiger partial charge in [0.05, 0.1) is 0 Å². The average Bonchev–Trinajstić information content (AvgIpc) is 2.78. The molecule has 0 radical (unpaired) electrons. The second-order valence-corrected chi connectivity index (χ2v) is 8.48. The number of likely N-dealkylation sites (tertiary alicyclic amines) is 2. The van der Waals surface area contributed by atoms with E-state index in [-0.39, 0.29) is 30.0 Å². The number of carbonyl (C=O) groups excluding carboxylic acids is 1. The third-order valence-electron chi connectivity index (χ3n) is 6.35. The topological polar surface area (TPSA) is 87.6 Å². The van der Waals surface area contributed by atoms with Gasteiger partial charge in [0.2, 0.25) is 5.91 Å². The molecule has 6 nitrogen and oxygen atoms in total. The van der Waals surface area contributed by atoms with Gasteiger partial charge in [-0.1, -0.05) is 0 Å². The Labute approximate surface area is 187 Å². The van der Waals surface area contributed by atoms with Gasteiger partial charge in [0.25, 0.3) is 0 Å². The van der Waals surface area contributed by atoms with Crippen LogP contribution in [0, 0.1) is 23.4 Å². The van der Waals surface area contributed by atoms with E-state index >= 15 is 0 Å². The number of hydrogen-bond donors (Lipinski definition) is 3. The lowest BCUT2D eigenvalue weighted by atomic mass is 9.93. The number of nitrogens with zero attached hydrogens (tertiary/aromatic N) is 2. The summed E-state index contributed by atoms with van der Waals surface area (Å²) in [5.74, 6) is -2.49. The normalized spacial score (nSPS) is 19.7. The van der Waals surface area contributed by atoms with Gasteiger partial charge in [0, 0.05) is 55.8 Å². The van der Waals surface area contributed by atoms with Crippen molar-refractivity contribution < 1.29 is 18.0 Å². The van der Waals surface area contributed by atoms with Crippen LogP contribution in [-0.2, 0) is 11.3 Å². The molecule has 0 bridgehead atoms. The molecule has 2 aliphatic rings. The molecule has 0 atom stereocenters. The van der Waals surface area contributed by atoms with Gasteiger partial charge in [-0.15, -0.1) is 0 Å². The minimum atomic E-state index is -0.926. The molecular weight excluding hydrogens is 419 g/mol. The zero-order chi connectivity index (χ0) is 23.1. The smallest absolute Gasteiger partial charge is 0.225 e. The van der Waals surface area contributed by atoms with Gasteiger partial charge in [0.15, 0.2) is 0 Å². The number of carbonyl (C=O) groups is 1. The van der Waals surface area contributed by atoms with Crippen LogP contribution in [0.5, 0.6) is 0 Å². The molecular formula is C23H32F3N5O. The zero-order valence-electron chi connectivity index (χ0n) is 18.2. The van der Waals surface area contributed by atoms with Gasteiger partial charge in [-0.25, -0.2) is 13.2 Å². The molecule has 176 valence electrons. The summed E-state index contributed by atoms with van der Waals surface area (Å²) in [5, 5.41) is 3.14. The average molecular weight is 452 g/mol. The monoisotopic (exact) mass is 451 g/mol. The molecule has 1 aromatic rings. The fraction of sp³-hybridized carbons (Fsp3) is 0.522. The van der Waals surface area contributed by atoms with Crippen molar-refractivity contribution in [1.29, 1.82) is 0 Å². The number of benzene rings is 1. The van der Waals surface area contributed by atoms with Crippen molar-refractivity contribution in [1.82, 2.24) is 15.1 Å². The summed E-state index contributed by atoms with van der Waals surface area (Å²) in [6.45, 7) is 3.61. The predicted molar refractivity (Wildman–Crippen MR) is 118 cm³/mol. The van der Waals surface area contributed by atoms with Crippen molar-refractivity contribution in [3.63, 3.8) is 0 Å². The maximum absolute atomic E-state index is 13.8. The number of piperidine rings is 2. The summed E-state index contributed by atoms with van der Waals surface area (Å²) in [6.07, 6.45) is 7.86. The molecule has 2 saturated heterocycles. The van der Waals surface area contributed by atoms with Gasteiger partial charge in [-0.2, -0.15) is 0 Å². The first-order chi connectivity index (χ1) is 15.4. The number of nitrogens with two attached hydrogens (primary N) is 2. The lowest BCUT2D eigenvalue weighted by molar-refractivity contribution is -0.138. The van der Waals surface area contributed by atoms with E-state index in [4.69, 9.17) is 11.5 Å². The Morgan fingerprint density at radius 3 is 2.22 bits per heavy atom. The molecule has 0 unspecified atom stereocenters. The minimum Gasteiger partial charge on any atom is -0.405 e. The van der Waals surface area contributed by atoms with Crippen LogP contribution in [0.2, 0.25) is 0 Å². The molecule has 32 heavy (non-hydrogen) atoms. The fourth-order valence-electron chi connectivity index (χ4n) is 4.43. The Bertz CT molecular complexity index is 821. The molecule has 2 heterocycles. The highest BCUT2D eigenvalue weighted by atomic mass is 19.1. The lowest BCUT2D eigenvalue weighted by Crippen LogP contribution is -2.48. The largest absolute Gasteiger partial charge is 0.405 e. The molecule has 1 aromatic carbocycles. The summed E-state index contributed by atoms with van der Waals surface area (Å²) in [7, 11) is 0. The molecule has 9 heteroatoms. The SMILES string of the molecule is N/C=C\C(=C/N)CN1CCC(C(=O)N2CCC(NCc3c(F)cc(F)cc3F)CC2)CC1. The Morgan fingerprint density at radius 1 is 1.03 bits per heavy atom. The van der Waals surface area contributed by atoms with E-state index in [1.807, 2.05) is 4.90 Å². The Balaban J connectivity index is 1.41. The maximum atomic E-state index is 13.8. The van der Waals surface area contributed by atoms with E-state index in [1.165, 1.54) is 6.20 Å². The minimum absolute atomic E-state index is 0.00635. The van der Waals surface area contributed by atoms with Gasteiger partial charge < -0.3 is 21.7 Å². The van der Waals surface area contributed by atoms with Gasteiger partial charge in [-0.05, 0) is 62.8 Å². The third kappa shape index (κ3) is 6.26. The second-order valence-electron chi connectivity index (χ2n) is 8.48. The summed E-state index contributed by atoms with van der Waals surface area (Å²) >= 11 is 0. The van der Waals surface area contributed by atoms with Crippen LogP contribution in [0.25, 0.3) is 0 Å². The summed E-state index contributed by atoms with van der Waals surface area (Å²) < 4.78 is 40.6. The van der Waals surface area contributed by atoms with Crippen molar-refractivity contribution in [2.24, 2.45) is 17.4 Å². The summed E-state index contributed by atoms with van der Waals surface area (Å²) in [6, 6.07) is 1.44. The van der Waals surface area contributed by atoms with E-state index in [2.05, 4.69) is 10.2 Å². The number of nitrogens with one attached hydrogen (secondary N) is 1. The summed E-state index contributed by atoms with van der Waals surface area (Å²) in [5.41, 5.74) is 11.8. The van der Waals surface area contributed by atoms with E-state index in [0.29, 0.717) is 38.1 Å². The zero-order valence-corrected chi connectivity index (χ0v) is 18.2. The number of amides is 1. The van der Waals surface area contributed by atoms with Crippen LogP contribution < -0.4 is 16.8 Å². The molecule has 2 fully saturated rings. The highest BCUT2D eigenvalue weighted by Crippen LogP contribution is 2.23. The quantitative estimate of drug-likeness (QED) is 0.554. The first kappa shape index (κ1) is 24.1. The second kappa shape index (κ2) is 11.4. The Hall–Kier alpha value is -2.52. The first-order valence-electron chi connectivity index (χ1n) is 11.1. The molecule has 0 saturated carbocycles. The van der Waals surface area contributed by atoms with Crippen LogP contribution in [-0.4, -0.2) is 54.5 Å². The van der Waals surface area contributed by atoms with Crippen molar-refractivity contribution in [3.05, 3.63) is 59.2 Å². The number of halogens is 3. The highest BCUT2D eigenvalue weighted by molar-refractivity contribution is 5.79. The van der Waals surface area contributed by atoms with E-state index in [9.17, 15) is 18.0 Å². The number of rotatable bonds is 7. The lowest BCUT2D eigenvalue weighted by Gasteiger charge is -2.37. The predicted octanol–water partition coefficient (Wildman–Crippen LogP) is 2.21. The van der Waals surface area contributed by atoms with Crippen molar-refractivity contribution in [3.8, 4) is 0 Å². The molecule has 0 aromatic heterocycles. The third-order valence-corrected chi connectivity index (χ3v) is 6.35. The van der Waals surface area contributed by atoms with Crippen LogP contribution in [0.15, 0.2) is 36.2 Å². The van der Waals surface area contributed by atoms with Crippen LogP contribution in [0.3, 0.4) is 0 Å². The van der Waals surface area contributed by atoms with E-state index in [1.54, 1.807) is 12.3 Å². The van der Waals surface area contributed by atoms with Crippen LogP contribution in [0.4, 0.5) is 13.2 Å². The van der Waals surface area contributed by atoms with Gasteiger partial charge in [0.1, 0.15) is 17.5 Å².